The number of anilines is 1. The average molecular weight is 350 g/mol. The van der Waals surface area contributed by atoms with Gasteiger partial charge in [0.25, 0.3) is 15.9 Å². The van der Waals surface area contributed by atoms with E-state index in [9.17, 15) is 17.6 Å². The largest absolute Gasteiger partial charge is 0.339 e. The number of sulfonamides is 1. The molecule has 0 aliphatic rings. The summed E-state index contributed by atoms with van der Waals surface area (Å²) in [6.45, 7) is 4.75. The molecule has 0 radical (unpaired) electrons. The van der Waals surface area contributed by atoms with Crippen LogP contribution in [0.3, 0.4) is 0 Å². The van der Waals surface area contributed by atoms with E-state index in [2.05, 4.69) is 4.72 Å². The SMILES string of the molecule is CCN(CC)C(=O)c1ccccc1NS(=O)(=O)c1ccc(F)cc1. The molecule has 0 aromatic heterocycles. The van der Waals surface area contributed by atoms with Gasteiger partial charge in [-0.1, -0.05) is 12.1 Å². The Bertz CT molecular complexity index is 816. The number of halogens is 1. The molecule has 128 valence electrons. The van der Waals surface area contributed by atoms with Crippen LogP contribution in [0.4, 0.5) is 10.1 Å². The summed E-state index contributed by atoms with van der Waals surface area (Å²) in [6.07, 6.45) is 0. The first-order valence-electron chi connectivity index (χ1n) is 7.55. The molecule has 0 bridgehead atoms. The van der Waals surface area contributed by atoms with Crippen LogP contribution >= 0.6 is 0 Å². The molecule has 0 saturated heterocycles. The van der Waals surface area contributed by atoms with Crippen LogP contribution in [0, 0.1) is 5.82 Å². The van der Waals surface area contributed by atoms with Crippen LogP contribution in [-0.2, 0) is 10.0 Å². The summed E-state index contributed by atoms with van der Waals surface area (Å²) >= 11 is 0. The highest BCUT2D eigenvalue weighted by molar-refractivity contribution is 7.92. The fourth-order valence-corrected chi connectivity index (χ4v) is 3.34. The first kappa shape index (κ1) is 17.9. The highest BCUT2D eigenvalue weighted by Crippen LogP contribution is 2.21. The van der Waals surface area contributed by atoms with Crippen LogP contribution in [0.2, 0.25) is 0 Å². The molecule has 2 rings (SSSR count). The maximum atomic E-state index is 13.0. The molecule has 0 atom stereocenters. The van der Waals surface area contributed by atoms with Crippen LogP contribution in [0.1, 0.15) is 24.2 Å². The van der Waals surface area contributed by atoms with E-state index in [0.29, 0.717) is 13.1 Å². The van der Waals surface area contributed by atoms with E-state index < -0.39 is 15.8 Å². The third-order valence-corrected chi connectivity index (χ3v) is 4.96. The van der Waals surface area contributed by atoms with Crippen molar-refractivity contribution < 1.29 is 17.6 Å². The van der Waals surface area contributed by atoms with Crippen molar-refractivity contribution >= 4 is 21.6 Å². The van der Waals surface area contributed by atoms with Gasteiger partial charge in [-0.05, 0) is 50.2 Å². The molecule has 0 aliphatic heterocycles. The standard InChI is InChI=1S/C17H19FN2O3S/c1-3-20(4-2)17(21)15-7-5-6-8-16(15)19-24(22,23)14-11-9-13(18)10-12-14/h5-12,19H,3-4H2,1-2H3. The summed E-state index contributed by atoms with van der Waals surface area (Å²) in [4.78, 5) is 14.1. The van der Waals surface area contributed by atoms with Gasteiger partial charge in [0, 0.05) is 13.1 Å². The summed E-state index contributed by atoms with van der Waals surface area (Å²) in [5, 5.41) is 0. The van der Waals surface area contributed by atoms with E-state index in [1.807, 2.05) is 13.8 Å². The molecule has 0 fully saturated rings. The first-order chi connectivity index (χ1) is 11.4. The van der Waals surface area contributed by atoms with Crippen LogP contribution in [0.25, 0.3) is 0 Å². The van der Waals surface area contributed by atoms with Gasteiger partial charge < -0.3 is 4.90 Å². The monoisotopic (exact) mass is 350 g/mol. The minimum atomic E-state index is -3.91. The van der Waals surface area contributed by atoms with Gasteiger partial charge in [0.05, 0.1) is 16.1 Å². The lowest BCUT2D eigenvalue weighted by atomic mass is 10.1. The van der Waals surface area contributed by atoms with Crippen LogP contribution in [0.5, 0.6) is 0 Å². The van der Waals surface area contributed by atoms with Crippen molar-refractivity contribution in [1.29, 1.82) is 0 Å². The summed E-state index contributed by atoms with van der Waals surface area (Å²) in [5.41, 5.74) is 0.464. The topological polar surface area (TPSA) is 66.5 Å². The number of rotatable bonds is 6. The summed E-state index contributed by atoms with van der Waals surface area (Å²) in [7, 11) is -3.91. The second-order valence-corrected chi connectivity index (χ2v) is 6.76. The van der Waals surface area contributed by atoms with Gasteiger partial charge in [0.2, 0.25) is 0 Å². The number of amides is 1. The van der Waals surface area contributed by atoms with Crippen molar-refractivity contribution in [2.24, 2.45) is 0 Å². The van der Waals surface area contributed by atoms with Crippen molar-refractivity contribution in [2.45, 2.75) is 18.7 Å². The minimum absolute atomic E-state index is 0.0750. The molecule has 0 unspecified atom stereocenters. The Morgan fingerprint density at radius 3 is 2.21 bits per heavy atom. The van der Waals surface area contributed by atoms with Crippen molar-refractivity contribution in [1.82, 2.24) is 4.90 Å². The number of benzene rings is 2. The number of carbonyl (C=O) groups is 1. The molecule has 2 aromatic rings. The van der Waals surface area contributed by atoms with E-state index in [-0.39, 0.29) is 22.1 Å². The van der Waals surface area contributed by atoms with E-state index >= 15 is 0 Å². The van der Waals surface area contributed by atoms with Crippen molar-refractivity contribution in [2.75, 3.05) is 17.8 Å². The van der Waals surface area contributed by atoms with E-state index in [4.69, 9.17) is 0 Å². The fraction of sp³-hybridized carbons (Fsp3) is 0.235. The number of para-hydroxylation sites is 1. The Morgan fingerprint density at radius 2 is 1.62 bits per heavy atom. The van der Waals surface area contributed by atoms with Gasteiger partial charge in [-0.15, -0.1) is 0 Å². The zero-order chi connectivity index (χ0) is 17.7. The fourth-order valence-electron chi connectivity index (χ4n) is 2.26. The number of hydrogen-bond acceptors (Lipinski definition) is 3. The Hall–Kier alpha value is -2.41. The second-order valence-electron chi connectivity index (χ2n) is 5.08. The smallest absolute Gasteiger partial charge is 0.261 e. The van der Waals surface area contributed by atoms with Gasteiger partial charge in [-0.2, -0.15) is 0 Å². The number of nitrogens with one attached hydrogen (secondary N) is 1. The molecule has 0 spiro atoms. The summed E-state index contributed by atoms with van der Waals surface area (Å²) in [6, 6.07) is 10.9. The molecule has 7 heteroatoms. The lowest BCUT2D eigenvalue weighted by Crippen LogP contribution is -2.31. The van der Waals surface area contributed by atoms with Crippen molar-refractivity contribution in [3.05, 3.63) is 59.9 Å². The Labute approximate surface area is 141 Å². The van der Waals surface area contributed by atoms with Gasteiger partial charge in [0.15, 0.2) is 0 Å². The minimum Gasteiger partial charge on any atom is -0.339 e. The zero-order valence-corrected chi connectivity index (χ0v) is 14.3. The normalized spacial score (nSPS) is 11.1. The molecule has 1 N–H and O–H groups in total. The molecule has 24 heavy (non-hydrogen) atoms. The number of hydrogen-bond donors (Lipinski definition) is 1. The molecule has 2 aromatic carbocycles. The predicted molar refractivity (Wildman–Crippen MR) is 90.9 cm³/mol. The molecule has 1 amide bonds. The average Bonchev–Trinajstić information content (AvgIpc) is 2.56. The molecule has 0 aliphatic carbocycles. The Kier molecular flexibility index (Phi) is 5.56. The number of carbonyl (C=O) groups excluding carboxylic acids is 1. The maximum absolute atomic E-state index is 13.0. The molecule has 0 saturated carbocycles. The van der Waals surface area contributed by atoms with Crippen LogP contribution < -0.4 is 4.72 Å². The molecular formula is C17H19FN2O3S. The van der Waals surface area contributed by atoms with Crippen LogP contribution in [0.15, 0.2) is 53.4 Å². The third kappa shape index (κ3) is 3.91. The summed E-state index contributed by atoms with van der Waals surface area (Å²) in [5.74, 6) is -0.775. The van der Waals surface area contributed by atoms with Gasteiger partial charge in [0.1, 0.15) is 5.82 Å². The Morgan fingerprint density at radius 1 is 1.04 bits per heavy atom. The summed E-state index contributed by atoms with van der Waals surface area (Å²) < 4.78 is 40.3. The lowest BCUT2D eigenvalue weighted by molar-refractivity contribution is 0.0774. The van der Waals surface area contributed by atoms with Crippen molar-refractivity contribution in [3.8, 4) is 0 Å². The van der Waals surface area contributed by atoms with Gasteiger partial charge in [-0.3, -0.25) is 9.52 Å². The molecule has 0 heterocycles. The maximum Gasteiger partial charge on any atom is 0.261 e. The van der Waals surface area contributed by atoms with E-state index in [1.54, 1.807) is 23.1 Å². The zero-order valence-electron chi connectivity index (χ0n) is 13.5. The third-order valence-electron chi connectivity index (χ3n) is 3.58. The van der Waals surface area contributed by atoms with Gasteiger partial charge in [-0.25, -0.2) is 12.8 Å². The highest BCUT2D eigenvalue weighted by Gasteiger charge is 2.20. The second kappa shape index (κ2) is 7.44. The highest BCUT2D eigenvalue weighted by atomic mass is 32.2. The molecular weight excluding hydrogens is 331 g/mol. The van der Waals surface area contributed by atoms with Crippen LogP contribution in [-0.4, -0.2) is 32.3 Å². The predicted octanol–water partition coefficient (Wildman–Crippen LogP) is 3.11. The molecule has 5 nitrogen and oxygen atoms in total. The van der Waals surface area contributed by atoms with Gasteiger partial charge >= 0.3 is 0 Å². The van der Waals surface area contributed by atoms with Crippen molar-refractivity contribution in [3.63, 3.8) is 0 Å². The Balaban J connectivity index is 2.36. The van der Waals surface area contributed by atoms with E-state index in [1.165, 1.54) is 18.2 Å². The first-order valence-corrected chi connectivity index (χ1v) is 9.04. The lowest BCUT2D eigenvalue weighted by Gasteiger charge is -2.20. The quantitative estimate of drug-likeness (QED) is 0.870. The van der Waals surface area contributed by atoms with E-state index in [0.717, 1.165) is 12.1 Å². The number of nitrogens with zero attached hydrogens (tertiary/aromatic N) is 1.